The fraction of sp³-hybridized carbons (Fsp3) is 0.562. The third-order valence-electron chi connectivity index (χ3n) is 4.25. The summed E-state index contributed by atoms with van der Waals surface area (Å²) in [4.78, 5) is 14.0. The van der Waals surface area contributed by atoms with Gasteiger partial charge in [-0.3, -0.25) is 4.90 Å². The fourth-order valence-corrected chi connectivity index (χ4v) is 3.23. The maximum absolute atomic E-state index is 11.9. The highest BCUT2D eigenvalue weighted by Gasteiger charge is 2.43. The van der Waals surface area contributed by atoms with Crippen molar-refractivity contribution >= 4 is 5.97 Å². The van der Waals surface area contributed by atoms with Gasteiger partial charge in [0.15, 0.2) is 0 Å². The first-order valence-electron chi connectivity index (χ1n) is 6.98. The van der Waals surface area contributed by atoms with E-state index in [-0.39, 0.29) is 0 Å². The van der Waals surface area contributed by atoms with Gasteiger partial charge in [0.05, 0.1) is 0 Å². The van der Waals surface area contributed by atoms with Crippen LogP contribution in [0, 0.1) is 11.8 Å². The molecule has 1 fully saturated rings. The van der Waals surface area contributed by atoms with Crippen LogP contribution in [0.4, 0.5) is 0 Å². The Bertz CT molecular complexity index is 435. The van der Waals surface area contributed by atoms with Gasteiger partial charge in [-0.2, -0.15) is 0 Å². The van der Waals surface area contributed by atoms with Gasteiger partial charge in [-0.05, 0) is 30.7 Å². The number of aliphatic carboxylic acids is 1. The lowest BCUT2D eigenvalue weighted by atomic mass is 9.83. The van der Waals surface area contributed by atoms with Crippen molar-refractivity contribution in [1.29, 1.82) is 0 Å². The Morgan fingerprint density at radius 1 is 1.21 bits per heavy atom. The number of rotatable bonds is 3. The van der Waals surface area contributed by atoms with Crippen LogP contribution in [0.3, 0.4) is 0 Å². The maximum Gasteiger partial charge on any atom is 0.328 e. The van der Waals surface area contributed by atoms with Crippen LogP contribution < -0.4 is 0 Å². The molecule has 0 aromatic heterocycles. The molecule has 3 heteroatoms. The molecule has 1 aliphatic heterocycles. The first kappa shape index (κ1) is 14.1. The number of nitrogens with zero attached hydrogens (tertiary/aromatic N) is 1. The Balaban J connectivity index is 2.37. The number of hydrogen-bond donors (Lipinski definition) is 1. The molecule has 0 bridgehead atoms. The zero-order valence-electron chi connectivity index (χ0n) is 12.0. The molecule has 1 N–H and O–H groups in total. The largest absolute Gasteiger partial charge is 0.480 e. The van der Waals surface area contributed by atoms with E-state index >= 15 is 0 Å². The molecule has 2 rings (SSSR count). The average Bonchev–Trinajstić information content (AvgIpc) is 2.37. The molecule has 1 heterocycles. The van der Waals surface area contributed by atoms with Crippen LogP contribution in [-0.4, -0.2) is 29.1 Å². The lowest BCUT2D eigenvalue weighted by Gasteiger charge is -2.44. The van der Waals surface area contributed by atoms with E-state index in [1.54, 1.807) is 0 Å². The van der Waals surface area contributed by atoms with E-state index in [0.29, 0.717) is 11.8 Å². The predicted octanol–water partition coefficient (Wildman–Crippen LogP) is 2.96. The SMILES string of the molecule is C[C@@H]1C[C@H](C)CN([C@@](C)(C(=O)O)c2ccccc2)C1. The van der Waals surface area contributed by atoms with Gasteiger partial charge in [-0.15, -0.1) is 0 Å². The average molecular weight is 261 g/mol. The van der Waals surface area contributed by atoms with Crippen LogP contribution in [-0.2, 0) is 10.3 Å². The third-order valence-corrected chi connectivity index (χ3v) is 4.25. The topological polar surface area (TPSA) is 40.5 Å². The third kappa shape index (κ3) is 2.66. The fourth-order valence-electron chi connectivity index (χ4n) is 3.23. The summed E-state index contributed by atoms with van der Waals surface area (Å²) in [7, 11) is 0. The molecule has 3 atom stereocenters. The van der Waals surface area contributed by atoms with Crippen molar-refractivity contribution in [3.8, 4) is 0 Å². The Labute approximate surface area is 115 Å². The lowest BCUT2D eigenvalue weighted by molar-refractivity contribution is -0.153. The number of carboxylic acid groups (broad SMARTS) is 1. The van der Waals surface area contributed by atoms with Crippen LogP contribution in [0.2, 0.25) is 0 Å². The second kappa shape index (κ2) is 5.33. The summed E-state index contributed by atoms with van der Waals surface area (Å²) < 4.78 is 0. The Hall–Kier alpha value is -1.35. The first-order valence-corrected chi connectivity index (χ1v) is 6.98. The minimum absolute atomic E-state index is 0.547. The molecular formula is C16H23NO2. The van der Waals surface area contributed by atoms with Crippen LogP contribution in [0.25, 0.3) is 0 Å². The molecule has 0 radical (unpaired) electrons. The van der Waals surface area contributed by atoms with Gasteiger partial charge in [-0.25, -0.2) is 4.79 Å². The Morgan fingerprint density at radius 3 is 2.21 bits per heavy atom. The van der Waals surface area contributed by atoms with Crippen molar-refractivity contribution in [2.45, 2.75) is 32.7 Å². The summed E-state index contributed by atoms with van der Waals surface area (Å²) in [5.74, 6) is 0.331. The van der Waals surface area contributed by atoms with Gasteiger partial charge in [0.1, 0.15) is 5.54 Å². The van der Waals surface area contributed by atoms with Crippen molar-refractivity contribution in [2.75, 3.05) is 13.1 Å². The molecule has 1 aromatic rings. The Kier molecular flexibility index (Phi) is 3.95. The van der Waals surface area contributed by atoms with E-state index in [1.165, 1.54) is 6.42 Å². The molecule has 104 valence electrons. The standard InChI is InChI=1S/C16H23NO2/c1-12-9-13(2)11-17(10-12)16(3,15(18)19)14-7-5-4-6-8-14/h4-8,12-13H,9-11H2,1-3H3,(H,18,19)/t12-,13+,16-/m1/s1. The zero-order valence-corrected chi connectivity index (χ0v) is 12.0. The zero-order chi connectivity index (χ0) is 14.0. The summed E-state index contributed by atoms with van der Waals surface area (Å²) in [6, 6.07) is 9.57. The van der Waals surface area contributed by atoms with Gasteiger partial charge >= 0.3 is 5.97 Å². The van der Waals surface area contributed by atoms with Crippen molar-refractivity contribution in [1.82, 2.24) is 4.90 Å². The van der Waals surface area contributed by atoms with E-state index in [0.717, 1.165) is 18.7 Å². The van der Waals surface area contributed by atoms with E-state index in [4.69, 9.17) is 0 Å². The molecule has 3 nitrogen and oxygen atoms in total. The van der Waals surface area contributed by atoms with Crippen molar-refractivity contribution in [3.05, 3.63) is 35.9 Å². The highest BCUT2D eigenvalue weighted by Crippen LogP contribution is 2.34. The summed E-state index contributed by atoms with van der Waals surface area (Å²) in [6.45, 7) is 7.94. The molecule has 0 saturated carbocycles. The molecule has 1 aliphatic rings. The highest BCUT2D eigenvalue weighted by atomic mass is 16.4. The summed E-state index contributed by atoms with van der Waals surface area (Å²) in [5, 5.41) is 9.77. The highest BCUT2D eigenvalue weighted by molar-refractivity contribution is 5.80. The molecule has 0 aliphatic carbocycles. The van der Waals surface area contributed by atoms with Crippen LogP contribution in [0.1, 0.15) is 32.8 Å². The van der Waals surface area contributed by atoms with E-state index in [1.807, 2.05) is 37.3 Å². The number of benzene rings is 1. The van der Waals surface area contributed by atoms with E-state index in [2.05, 4.69) is 18.7 Å². The predicted molar refractivity (Wildman–Crippen MR) is 75.9 cm³/mol. The monoisotopic (exact) mass is 261 g/mol. The molecule has 19 heavy (non-hydrogen) atoms. The van der Waals surface area contributed by atoms with E-state index < -0.39 is 11.5 Å². The summed E-state index contributed by atoms with van der Waals surface area (Å²) in [5.41, 5.74) is -0.0618. The normalized spacial score (nSPS) is 27.7. The number of carboxylic acids is 1. The maximum atomic E-state index is 11.9. The Morgan fingerprint density at radius 2 is 1.74 bits per heavy atom. The number of likely N-dealkylation sites (tertiary alicyclic amines) is 1. The van der Waals surface area contributed by atoms with Crippen molar-refractivity contribution in [2.24, 2.45) is 11.8 Å². The molecule has 0 spiro atoms. The first-order chi connectivity index (χ1) is 8.94. The van der Waals surface area contributed by atoms with Crippen LogP contribution in [0.5, 0.6) is 0 Å². The second-order valence-electron chi connectivity index (χ2n) is 6.09. The minimum atomic E-state index is -0.926. The van der Waals surface area contributed by atoms with Crippen molar-refractivity contribution < 1.29 is 9.90 Å². The smallest absolute Gasteiger partial charge is 0.328 e. The molecule has 0 amide bonds. The second-order valence-corrected chi connectivity index (χ2v) is 6.09. The van der Waals surface area contributed by atoms with Gasteiger partial charge in [-0.1, -0.05) is 44.2 Å². The molecular weight excluding hydrogens is 238 g/mol. The van der Waals surface area contributed by atoms with Crippen LogP contribution in [0.15, 0.2) is 30.3 Å². The number of piperidine rings is 1. The van der Waals surface area contributed by atoms with Gasteiger partial charge in [0.25, 0.3) is 0 Å². The summed E-state index contributed by atoms with van der Waals surface area (Å²) >= 11 is 0. The molecule has 0 unspecified atom stereocenters. The lowest BCUT2D eigenvalue weighted by Crippen LogP contribution is -2.54. The van der Waals surface area contributed by atoms with Gasteiger partial charge in [0, 0.05) is 13.1 Å². The summed E-state index contributed by atoms with van der Waals surface area (Å²) in [6.07, 6.45) is 1.18. The van der Waals surface area contributed by atoms with E-state index in [9.17, 15) is 9.90 Å². The van der Waals surface area contributed by atoms with Crippen molar-refractivity contribution in [3.63, 3.8) is 0 Å². The van der Waals surface area contributed by atoms with Gasteiger partial charge in [0.2, 0.25) is 0 Å². The molecule has 1 aromatic carbocycles. The van der Waals surface area contributed by atoms with Gasteiger partial charge < -0.3 is 5.11 Å². The van der Waals surface area contributed by atoms with Crippen LogP contribution >= 0.6 is 0 Å². The number of carbonyl (C=O) groups is 1. The minimum Gasteiger partial charge on any atom is -0.480 e. The molecule has 1 saturated heterocycles. The quantitative estimate of drug-likeness (QED) is 0.909. The number of hydrogen-bond acceptors (Lipinski definition) is 2.